The predicted octanol–water partition coefficient (Wildman–Crippen LogP) is 2.60. The molecule has 0 aromatic carbocycles. The summed E-state index contributed by atoms with van der Waals surface area (Å²) in [6.07, 6.45) is 1.41. The Bertz CT molecular complexity index is 570. The van der Waals surface area contributed by atoms with Crippen LogP contribution in [0.25, 0.3) is 0 Å². The van der Waals surface area contributed by atoms with Crippen LogP contribution < -0.4 is 5.32 Å². The third kappa shape index (κ3) is 2.21. The first-order valence-corrected chi connectivity index (χ1v) is 5.64. The van der Waals surface area contributed by atoms with Gasteiger partial charge in [-0.05, 0) is 24.4 Å². The number of carboxylic acid groups (broad SMARTS) is 1. The zero-order valence-electron chi connectivity index (χ0n) is 8.89. The summed E-state index contributed by atoms with van der Waals surface area (Å²) in [4.78, 5) is 22.7. The summed E-state index contributed by atoms with van der Waals surface area (Å²) in [7, 11) is 0. The van der Waals surface area contributed by atoms with E-state index in [9.17, 15) is 9.59 Å². The van der Waals surface area contributed by atoms with Gasteiger partial charge in [0.2, 0.25) is 0 Å². The molecule has 0 radical (unpaired) electrons. The summed E-state index contributed by atoms with van der Waals surface area (Å²) in [6.45, 7) is 1.74. The van der Waals surface area contributed by atoms with Gasteiger partial charge in [-0.2, -0.15) is 0 Å². The topological polar surface area (TPSA) is 79.5 Å². The number of rotatable bonds is 3. The molecule has 0 atom stereocenters. The van der Waals surface area contributed by atoms with E-state index in [0.29, 0.717) is 5.56 Å². The van der Waals surface area contributed by atoms with Crippen molar-refractivity contribution in [2.24, 2.45) is 0 Å². The molecule has 0 unspecified atom stereocenters. The van der Waals surface area contributed by atoms with Gasteiger partial charge in [-0.3, -0.25) is 4.79 Å². The van der Waals surface area contributed by atoms with Gasteiger partial charge in [0.25, 0.3) is 5.91 Å². The molecule has 88 valence electrons. The van der Waals surface area contributed by atoms with E-state index in [4.69, 9.17) is 9.52 Å². The number of anilines is 1. The van der Waals surface area contributed by atoms with Crippen LogP contribution in [0.5, 0.6) is 0 Å². The number of aryl methyl sites for hydroxylation is 1. The number of amides is 1. The first-order valence-electron chi connectivity index (χ1n) is 4.76. The van der Waals surface area contributed by atoms with E-state index in [1.807, 2.05) is 0 Å². The number of hydrogen-bond acceptors (Lipinski definition) is 4. The SMILES string of the molecule is Cc1ccoc1C(=O)Nc1ccsc1C(=O)O. The van der Waals surface area contributed by atoms with Gasteiger partial charge in [-0.25, -0.2) is 4.79 Å². The Morgan fingerprint density at radius 3 is 2.76 bits per heavy atom. The van der Waals surface area contributed by atoms with Gasteiger partial charge in [-0.1, -0.05) is 0 Å². The summed E-state index contributed by atoms with van der Waals surface area (Å²) in [5, 5.41) is 13.0. The van der Waals surface area contributed by atoms with Crippen LogP contribution in [0.3, 0.4) is 0 Å². The van der Waals surface area contributed by atoms with Crippen LogP contribution in [0.2, 0.25) is 0 Å². The first-order chi connectivity index (χ1) is 8.09. The van der Waals surface area contributed by atoms with Gasteiger partial charge >= 0.3 is 5.97 Å². The van der Waals surface area contributed by atoms with Crippen molar-refractivity contribution in [1.29, 1.82) is 0 Å². The fraction of sp³-hybridized carbons (Fsp3) is 0.0909. The fourth-order valence-electron chi connectivity index (χ4n) is 1.36. The molecule has 2 aromatic rings. The molecule has 0 saturated heterocycles. The van der Waals surface area contributed by atoms with Gasteiger partial charge in [0.1, 0.15) is 4.88 Å². The molecule has 1 amide bonds. The lowest BCUT2D eigenvalue weighted by atomic mass is 10.2. The molecule has 0 aliphatic carbocycles. The van der Waals surface area contributed by atoms with E-state index in [2.05, 4.69) is 5.32 Å². The molecule has 2 aromatic heterocycles. The summed E-state index contributed by atoms with van der Waals surface area (Å²) in [5.41, 5.74) is 0.984. The summed E-state index contributed by atoms with van der Waals surface area (Å²) < 4.78 is 5.02. The smallest absolute Gasteiger partial charge is 0.348 e. The normalized spacial score (nSPS) is 10.2. The van der Waals surface area contributed by atoms with E-state index in [1.165, 1.54) is 6.26 Å². The molecule has 2 heterocycles. The van der Waals surface area contributed by atoms with Crippen LogP contribution in [-0.2, 0) is 0 Å². The summed E-state index contributed by atoms with van der Waals surface area (Å²) in [5.74, 6) is -1.33. The standard InChI is InChI=1S/C11H9NO4S/c1-6-2-4-16-8(6)10(13)12-7-3-5-17-9(7)11(14)15/h2-5H,1H3,(H,12,13)(H,14,15). The lowest BCUT2D eigenvalue weighted by molar-refractivity contribution is 0.0703. The Morgan fingerprint density at radius 1 is 1.41 bits per heavy atom. The Kier molecular flexibility index (Phi) is 2.97. The van der Waals surface area contributed by atoms with Crippen LogP contribution in [0.4, 0.5) is 5.69 Å². The number of carbonyl (C=O) groups excluding carboxylic acids is 1. The maximum Gasteiger partial charge on any atom is 0.348 e. The number of furan rings is 1. The minimum Gasteiger partial charge on any atom is -0.477 e. The molecule has 0 spiro atoms. The minimum atomic E-state index is -1.06. The molecule has 0 aliphatic heterocycles. The predicted molar refractivity (Wildman–Crippen MR) is 62.7 cm³/mol. The monoisotopic (exact) mass is 251 g/mol. The third-order valence-corrected chi connectivity index (χ3v) is 3.08. The van der Waals surface area contributed by atoms with E-state index < -0.39 is 11.9 Å². The van der Waals surface area contributed by atoms with Crippen LogP contribution >= 0.6 is 11.3 Å². The third-order valence-electron chi connectivity index (χ3n) is 2.18. The number of nitrogens with one attached hydrogen (secondary N) is 1. The van der Waals surface area contributed by atoms with Gasteiger partial charge in [0.15, 0.2) is 5.76 Å². The molecule has 0 bridgehead atoms. The van der Waals surface area contributed by atoms with Crippen LogP contribution in [0.1, 0.15) is 25.8 Å². The van der Waals surface area contributed by atoms with E-state index in [-0.39, 0.29) is 16.3 Å². The molecular weight excluding hydrogens is 242 g/mol. The zero-order chi connectivity index (χ0) is 12.4. The second kappa shape index (κ2) is 4.42. The molecule has 6 heteroatoms. The molecule has 0 aliphatic rings. The van der Waals surface area contributed by atoms with Gasteiger partial charge < -0.3 is 14.8 Å². The Morgan fingerprint density at radius 2 is 2.18 bits per heavy atom. The van der Waals surface area contributed by atoms with Crippen molar-refractivity contribution in [2.75, 3.05) is 5.32 Å². The van der Waals surface area contributed by atoms with E-state index in [1.54, 1.807) is 24.4 Å². The van der Waals surface area contributed by atoms with Crippen LogP contribution in [0.15, 0.2) is 28.2 Å². The zero-order valence-corrected chi connectivity index (χ0v) is 9.71. The number of carbonyl (C=O) groups is 2. The highest BCUT2D eigenvalue weighted by atomic mass is 32.1. The summed E-state index contributed by atoms with van der Waals surface area (Å²) in [6, 6.07) is 3.21. The van der Waals surface area contributed by atoms with E-state index >= 15 is 0 Å². The number of hydrogen-bond donors (Lipinski definition) is 2. The number of carboxylic acids is 1. The molecule has 0 fully saturated rings. The molecule has 0 saturated carbocycles. The van der Waals surface area contributed by atoms with Gasteiger partial charge in [-0.15, -0.1) is 11.3 Å². The largest absolute Gasteiger partial charge is 0.477 e. The van der Waals surface area contributed by atoms with Gasteiger partial charge in [0.05, 0.1) is 12.0 Å². The lowest BCUT2D eigenvalue weighted by Crippen LogP contribution is -2.13. The maximum absolute atomic E-state index is 11.8. The summed E-state index contributed by atoms with van der Waals surface area (Å²) >= 11 is 1.06. The van der Waals surface area contributed by atoms with Crippen LogP contribution in [-0.4, -0.2) is 17.0 Å². The second-order valence-electron chi connectivity index (χ2n) is 3.36. The highest BCUT2D eigenvalue weighted by Crippen LogP contribution is 2.23. The van der Waals surface area contributed by atoms with Crippen LogP contribution in [0, 0.1) is 6.92 Å². The Labute approximate surface area is 101 Å². The maximum atomic E-state index is 11.8. The highest BCUT2D eigenvalue weighted by Gasteiger charge is 2.17. The van der Waals surface area contributed by atoms with Crippen molar-refractivity contribution in [3.05, 3.63) is 40.0 Å². The highest BCUT2D eigenvalue weighted by molar-refractivity contribution is 7.12. The quantitative estimate of drug-likeness (QED) is 0.878. The Balaban J connectivity index is 2.22. The lowest BCUT2D eigenvalue weighted by Gasteiger charge is -2.02. The molecule has 2 rings (SSSR count). The molecular formula is C11H9NO4S. The fourth-order valence-corrected chi connectivity index (χ4v) is 2.04. The minimum absolute atomic E-state index is 0.0996. The number of thiophene rings is 1. The number of aromatic carboxylic acids is 1. The van der Waals surface area contributed by atoms with Gasteiger partial charge in [0, 0.05) is 5.56 Å². The van der Waals surface area contributed by atoms with Crippen molar-refractivity contribution in [2.45, 2.75) is 6.92 Å². The Hall–Kier alpha value is -2.08. The van der Waals surface area contributed by atoms with E-state index in [0.717, 1.165) is 11.3 Å². The second-order valence-corrected chi connectivity index (χ2v) is 4.27. The average Bonchev–Trinajstić information content (AvgIpc) is 2.86. The average molecular weight is 251 g/mol. The van der Waals surface area contributed by atoms with Crippen molar-refractivity contribution in [3.8, 4) is 0 Å². The van der Waals surface area contributed by atoms with Crippen molar-refractivity contribution in [3.63, 3.8) is 0 Å². The molecule has 17 heavy (non-hydrogen) atoms. The first kappa shape index (κ1) is 11.4. The molecule has 2 N–H and O–H groups in total. The van der Waals surface area contributed by atoms with Crippen molar-refractivity contribution >= 4 is 28.9 Å². The molecule has 5 nitrogen and oxygen atoms in total. The van der Waals surface area contributed by atoms with Crippen molar-refractivity contribution < 1.29 is 19.1 Å². The van der Waals surface area contributed by atoms with Crippen molar-refractivity contribution in [1.82, 2.24) is 0 Å².